The fourth-order valence-corrected chi connectivity index (χ4v) is 2.81. The standard InChI is InChI=1S/C18H30N2O5/c1-11(21)24-15(16(22)19-13-8-9-13)14(10-12-6-5-7-12)20-17(23)25-18(2,3)4/h12-15H,5-10H2,1-4H3,(H,19,22)(H,20,23). The Labute approximate surface area is 149 Å². The Morgan fingerprint density at radius 2 is 1.76 bits per heavy atom. The average molecular weight is 354 g/mol. The first kappa shape index (κ1) is 19.5. The third-order valence-electron chi connectivity index (χ3n) is 4.35. The zero-order valence-electron chi connectivity index (χ0n) is 15.6. The largest absolute Gasteiger partial charge is 0.450 e. The molecule has 0 aromatic rings. The summed E-state index contributed by atoms with van der Waals surface area (Å²) in [6, 6.07) is -0.445. The van der Waals surface area contributed by atoms with E-state index in [-0.39, 0.29) is 11.9 Å². The van der Waals surface area contributed by atoms with E-state index in [4.69, 9.17) is 9.47 Å². The normalized spacial score (nSPS) is 20.0. The molecule has 0 aromatic carbocycles. The molecule has 2 saturated carbocycles. The summed E-state index contributed by atoms with van der Waals surface area (Å²) in [7, 11) is 0. The summed E-state index contributed by atoms with van der Waals surface area (Å²) in [5, 5.41) is 5.62. The number of hydrogen-bond donors (Lipinski definition) is 2. The van der Waals surface area contributed by atoms with Gasteiger partial charge in [-0.15, -0.1) is 0 Å². The molecule has 0 aliphatic heterocycles. The lowest BCUT2D eigenvalue weighted by Crippen LogP contribution is -2.54. The molecule has 0 spiro atoms. The van der Waals surface area contributed by atoms with Gasteiger partial charge in [0.15, 0.2) is 6.10 Å². The smallest absolute Gasteiger partial charge is 0.408 e. The van der Waals surface area contributed by atoms with Crippen LogP contribution in [0.2, 0.25) is 0 Å². The maximum Gasteiger partial charge on any atom is 0.408 e. The Balaban J connectivity index is 2.07. The van der Waals surface area contributed by atoms with Crippen molar-refractivity contribution in [3.05, 3.63) is 0 Å². The molecule has 0 saturated heterocycles. The van der Waals surface area contributed by atoms with Crippen molar-refractivity contribution in [2.45, 2.75) is 90.0 Å². The molecule has 2 aliphatic carbocycles. The van der Waals surface area contributed by atoms with Gasteiger partial charge in [0, 0.05) is 13.0 Å². The third kappa shape index (κ3) is 6.92. The topological polar surface area (TPSA) is 93.7 Å². The number of amides is 2. The van der Waals surface area contributed by atoms with E-state index in [0.29, 0.717) is 12.3 Å². The van der Waals surface area contributed by atoms with Crippen LogP contribution in [0.4, 0.5) is 4.79 Å². The molecule has 7 heteroatoms. The van der Waals surface area contributed by atoms with E-state index in [1.54, 1.807) is 20.8 Å². The number of hydrogen-bond acceptors (Lipinski definition) is 5. The van der Waals surface area contributed by atoms with Gasteiger partial charge in [-0.05, 0) is 46.0 Å². The molecule has 0 heterocycles. The average Bonchev–Trinajstić information content (AvgIpc) is 3.20. The molecule has 0 aromatic heterocycles. The molecule has 2 aliphatic rings. The zero-order chi connectivity index (χ0) is 18.6. The summed E-state index contributed by atoms with van der Waals surface area (Å²) >= 11 is 0. The van der Waals surface area contributed by atoms with Crippen LogP contribution in [-0.4, -0.2) is 41.8 Å². The highest BCUT2D eigenvalue weighted by Gasteiger charge is 2.38. The Morgan fingerprint density at radius 1 is 1.12 bits per heavy atom. The van der Waals surface area contributed by atoms with Crippen LogP contribution in [0.3, 0.4) is 0 Å². The summed E-state index contributed by atoms with van der Waals surface area (Å²) in [4.78, 5) is 36.2. The number of rotatable bonds is 7. The summed E-state index contributed by atoms with van der Waals surface area (Å²) in [5.41, 5.74) is -0.641. The fraction of sp³-hybridized carbons (Fsp3) is 0.833. The van der Waals surface area contributed by atoms with Crippen LogP contribution in [0.25, 0.3) is 0 Å². The van der Waals surface area contributed by atoms with Crippen molar-refractivity contribution in [3.8, 4) is 0 Å². The van der Waals surface area contributed by atoms with Gasteiger partial charge in [-0.3, -0.25) is 9.59 Å². The van der Waals surface area contributed by atoms with E-state index in [1.165, 1.54) is 6.92 Å². The van der Waals surface area contributed by atoms with Crippen LogP contribution >= 0.6 is 0 Å². The number of carbonyl (C=O) groups is 3. The maximum atomic E-state index is 12.5. The predicted molar refractivity (Wildman–Crippen MR) is 91.8 cm³/mol. The van der Waals surface area contributed by atoms with Crippen LogP contribution in [0.15, 0.2) is 0 Å². The highest BCUT2D eigenvalue weighted by atomic mass is 16.6. The van der Waals surface area contributed by atoms with Crippen LogP contribution in [-0.2, 0) is 19.1 Å². The summed E-state index contributed by atoms with van der Waals surface area (Å²) in [6.07, 6.45) is 4.09. The first-order valence-corrected chi connectivity index (χ1v) is 9.11. The number of esters is 1. The van der Waals surface area contributed by atoms with Crippen molar-refractivity contribution in [2.24, 2.45) is 5.92 Å². The fourth-order valence-electron chi connectivity index (χ4n) is 2.81. The van der Waals surface area contributed by atoms with Crippen molar-refractivity contribution in [1.82, 2.24) is 10.6 Å². The van der Waals surface area contributed by atoms with E-state index in [1.807, 2.05) is 0 Å². The van der Waals surface area contributed by atoms with Gasteiger partial charge in [-0.25, -0.2) is 4.79 Å². The van der Waals surface area contributed by atoms with Gasteiger partial charge in [0.05, 0.1) is 6.04 Å². The molecule has 2 atom stereocenters. The van der Waals surface area contributed by atoms with Crippen LogP contribution in [0, 0.1) is 5.92 Å². The first-order valence-electron chi connectivity index (χ1n) is 9.11. The van der Waals surface area contributed by atoms with Crippen LogP contribution in [0.1, 0.15) is 66.2 Å². The van der Waals surface area contributed by atoms with Crippen molar-refractivity contribution >= 4 is 18.0 Å². The minimum absolute atomic E-state index is 0.149. The quantitative estimate of drug-likeness (QED) is 0.684. The molecule has 2 amide bonds. The molecule has 2 unspecified atom stereocenters. The summed E-state index contributed by atoms with van der Waals surface area (Å²) in [6.45, 7) is 6.59. The molecule has 25 heavy (non-hydrogen) atoms. The molecule has 7 nitrogen and oxygen atoms in total. The van der Waals surface area contributed by atoms with Gasteiger partial charge < -0.3 is 20.1 Å². The Morgan fingerprint density at radius 3 is 2.20 bits per heavy atom. The molecule has 2 fully saturated rings. The van der Waals surface area contributed by atoms with E-state index in [0.717, 1.165) is 32.1 Å². The zero-order valence-corrected chi connectivity index (χ0v) is 15.6. The predicted octanol–water partition coefficient (Wildman–Crippen LogP) is 2.28. The SMILES string of the molecule is CC(=O)OC(C(=O)NC1CC1)C(CC1CCC1)NC(=O)OC(C)(C)C. The van der Waals surface area contributed by atoms with Crippen molar-refractivity contribution in [3.63, 3.8) is 0 Å². The van der Waals surface area contributed by atoms with Gasteiger partial charge >= 0.3 is 12.1 Å². The number of alkyl carbamates (subject to hydrolysis) is 1. The molecule has 2 N–H and O–H groups in total. The lowest BCUT2D eigenvalue weighted by molar-refractivity contribution is -0.156. The van der Waals surface area contributed by atoms with Crippen molar-refractivity contribution in [2.75, 3.05) is 0 Å². The van der Waals surface area contributed by atoms with Crippen molar-refractivity contribution in [1.29, 1.82) is 0 Å². The first-order chi connectivity index (χ1) is 11.6. The molecular weight excluding hydrogens is 324 g/mol. The second-order valence-electron chi connectivity index (χ2n) is 8.10. The lowest BCUT2D eigenvalue weighted by atomic mass is 9.80. The molecule has 0 bridgehead atoms. The van der Waals surface area contributed by atoms with Crippen molar-refractivity contribution < 1.29 is 23.9 Å². The Hall–Kier alpha value is -1.79. The highest BCUT2D eigenvalue weighted by molar-refractivity contribution is 5.85. The van der Waals surface area contributed by atoms with Gasteiger partial charge in [-0.1, -0.05) is 19.3 Å². The minimum atomic E-state index is -1.04. The molecule has 2 rings (SSSR count). The Kier molecular flexibility index (Phi) is 6.30. The van der Waals surface area contributed by atoms with Gasteiger partial charge in [-0.2, -0.15) is 0 Å². The van der Waals surface area contributed by atoms with Gasteiger partial charge in [0.2, 0.25) is 0 Å². The van der Waals surface area contributed by atoms with Gasteiger partial charge in [0.25, 0.3) is 5.91 Å². The van der Waals surface area contributed by atoms with Gasteiger partial charge in [0.1, 0.15) is 5.60 Å². The lowest BCUT2D eigenvalue weighted by Gasteiger charge is -2.33. The van der Waals surface area contributed by atoms with E-state index < -0.39 is 29.8 Å². The third-order valence-corrected chi connectivity index (χ3v) is 4.35. The molecule has 0 radical (unpaired) electrons. The summed E-state index contributed by atoms with van der Waals surface area (Å²) < 4.78 is 10.6. The Bertz CT molecular complexity index is 506. The van der Waals surface area contributed by atoms with E-state index in [9.17, 15) is 14.4 Å². The van der Waals surface area contributed by atoms with E-state index in [2.05, 4.69) is 10.6 Å². The van der Waals surface area contributed by atoms with Crippen LogP contribution in [0.5, 0.6) is 0 Å². The summed E-state index contributed by atoms with van der Waals surface area (Å²) in [5.74, 6) is -0.467. The second kappa shape index (κ2) is 8.06. The maximum absolute atomic E-state index is 12.5. The number of ether oxygens (including phenoxy) is 2. The number of nitrogens with one attached hydrogen (secondary N) is 2. The molecular formula is C18H30N2O5. The minimum Gasteiger partial charge on any atom is -0.450 e. The van der Waals surface area contributed by atoms with E-state index >= 15 is 0 Å². The monoisotopic (exact) mass is 354 g/mol. The highest BCUT2D eigenvalue weighted by Crippen LogP contribution is 2.32. The number of carbonyl (C=O) groups excluding carboxylic acids is 3. The van der Waals surface area contributed by atoms with Crippen LogP contribution < -0.4 is 10.6 Å². The second-order valence-corrected chi connectivity index (χ2v) is 8.10. The molecule has 142 valence electrons.